The summed E-state index contributed by atoms with van der Waals surface area (Å²) in [6.07, 6.45) is 4.93. The van der Waals surface area contributed by atoms with Crippen LogP contribution < -0.4 is 10.1 Å². The third-order valence-electron chi connectivity index (χ3n) is 4.88. The van der Waals surface area contributed by atoms with Gasteiger partial charge in [0.1, 0.15) is 5.75 Å². The largest absolute Gasteiger partial charge is 0.497 e. The molecular formula is C21H20N2O4S2. The van der Waals surface area contributed by atoms with E-state index in [1.807, 2.05) is 18.2 Å². The molecule has 0 atom stereocenters. The van der Waals surface area contributed by atoms with Gasteiger partial charge in [0, 0.05) is 18.0 Å². The minimum Gasteiger partial charge on any atom is -0.497 e. The van der Waals surface area contributed by atoms with E-state index < -0.39 is 0 Å². The van der Waals surface area contributed by atoms with Crippen LogP contribution in [0.15, 0.2) is 35.2 Å². The van der Waals surface area contributed by atoms with Crippen molar-refractivity contribution in [2.24, 2.45) is 0 Å². The predicted octanol–water partition coefficient (Wildman–Crippen LogP) is 3.71. The van der Waals surface area contributed by atoms with Crippen LogP contribution in [0.3, 0.4) is 0 Å². The number of hydrogen-bond donors (Lipinski definition) is 1. The molecule has 0 unspecified atom stereocenters. The molecule has 1 aliphatic heterocycles. The van der Waals surface area contributed by atoms with Gasteiger partial charge in [-0.15, -0.1) is 11.3 Å². The fourth-order valence-electron chi connectivity index (χ4n) is 3.35. The number of thiophene rings is 1. The topological polar surface area (TPSA) is 75.7 Å². The van der Waals surface area contributed by atoms with Crippen molar-refractivity contribution in [3.05, 3.63) is 56.1 Å². The van der Waals surface area contributed by atoms with Gasteiger partial charge in [0.25, 0.3) is 17.1 Å². The highest BCUT2D eigenvalue weighted by molar-refractivity contribution is 8.18. The number of nitrogens with zero attached hydrogens (tertiary/aromatic N) is 1. The van der Waals surface area contributed by atoms with Crippen LogP contribution in [0.25, 0.3) is 6.08 Å². The van der Waals surface area contributed by atoms with Crippen LogP contribution in [-0.4, -0.2) is 42.2 Å². The van der Waals surface area contributed by atoms with Crippen molar-refractivity contribution in [2.75, 3.05) is 20.2 Å². The van der Waals surface area contributed by atoms with Gasteiger partial charge in [-0.1, -0.05) is 12.1 Å². The van der Waals surface area contributed by atoms with Crippen molar-refractivity contribution >= 4 is 46.2 Å². The number of methoxy groups -OCH3 is 1. The summed E-state index contributed by atoms with van der Waals surface area (Å²) in [5.41, 5.74) is 2.09. The minimum atomic E-state index is -0.333. The summed E-state index contributed by atoms with van der Waals surface area (Å²) in [6.45, 7) is 0.386. The first kappa shape index (κ1) is 19.7. The van der Waals surface area contributed by atoms with Crippen molar-refractivity contribution in [1.29, 1.82) is 0 Å². The van der Waals surface area contributed by atoms with E-state index in [1.54, 1.807) is 25.3 Å². The van der Waals surface area contributed by atoms with E-state index in [4.69, 9.17) is 4.74 Å². The van der Waals surface area contributed by atoms with Crippen molar-refractivity contribution in [3.63, 3.8) is 0 Å². The third-order valence-corrected chi connectivity index (χ3v) is 7.02. The second-order valence-electron chi connectivity index (χ2n) is 6.78. The molecule has 0 bridgehead atoms. The highest BCUT2D eigenvalue weighted by atomic mass is 32.2. The molecule has 1 aromatic carbocycles. The van der Waals surface area contributed by atoms with Crippen LogP contribution >= 0.6 is 23.1 Å². The van der Waals surface area contributed by atoms with Crippen molar-refractivity contribution in [1.82, 2.24) is 10.2 Å². The van der Waals surface area contributed by atoms with Gasteiger partial charge in [-0.25, -0.2) is 0 Å². The Bertz CT molecular complexity index is 973. The summed E-state index contributed by atoms with van der Waals surface area (Å²) < 4.78 is 5.12. The van der Waals surface area contributed by atoms with Crippen molar-refractivity contribution in [2.45, 2.75) is 19.3 Å². The lowest BCUT2D eigenvalue weighted by Gasteiger charge is -2.12. The van der Waals surface area contributed by atoms with Gasteiger partial charge in [0.15, 0.2) is 0 Å². The fourth-order valence-corrected chi connectivity index (χ4v) is 5.39. The van der Waals surface area contributed by atoms with Crippen LogP contribution in [0.1, 0.15) is 32.1 Å². The number of benzene rings is 1. The molecule has 1 fully saturated rings. The Labute approximate surface area is 176 Å². The molecule has 6 nitrogen and oxygen atoms in total. The van der Waals surface area contributed by atoms with E-state index in [1.165, 1.54) is 26.7 Å². The van der Waals surface area contributed by atoms with Gasteiger partial charge in [-0.3, -0.25) is 19.3 Å². The number of rotatable bonds is 6. The Morgan fingerprint density at radius 3 is 2.76 bits per heavy atom. The number of imide groups is 1. The van der Waals surface area contributed by atoms with Crippen molar-refractivity contribution in [3.8, 4) is 5.75 Å². The predicted molar refractivity (Wildman–Crippen MR) is 114 cm³/mol. The number of hydrogen-bond acceptors (Lipinski definition) is 6. The molecule has 0 spiro atoms. The standard InChI is InChI=1S/C21H20N2O4S2/c1-27-15-7-5-13(6-8-15)11-18-20(25)23(21(26)29-18)10-9-22-19(24)17-12-14-3-2-4-16(14)28-17/h5-8,11-12H,2-4,9-10H2,1H3,(H,22,24). The number of amides is 3. The second kappa shape index (κ2) is 8.42. The molecule has 0 saturated carbocycles. The quantitative estimate of drug-likeness (QED) is 0.710. The Kier molecular flexibility index (Phi) is 5.73. The zero-order valence-corrected chi connectivity index (χ0v) is 17.5. The van der Waals surface area contributed by atoms with E-state index in [9.17, 15) is 14.4 Å². The van der Waals surface area contributed by atoms with E-state index >= 15 is 0 Å². The van der Waals surface area contributed by atoms with Crippen LogP contribution in [0.2, 0.25) is 0 Å². The monoisotopic (exact) mass is 428 g/mol. The van der Waals surface area contributed by atoms with Crippen molar-refractivity contribution < 1.29 is 19.1 Å². The van der Waals surface area contributed by atoms with Crippen LogP contribution in [0.4, 0.5) is 4.79 Å². The normalized spacial score (nSPS) is 17.1. The molecule has 2 aromatic rings. The number of fused-ring (bicyclic) bond motifs is 1. The molecule has 4 rings (SSSR count). The molecule has 150 valence electrons. The van der Waals surface area contributed by atoms with Gasteiger partial charge >= 0.3 is 0 Å². The second-order valence-corrected chi connectivity index (χ2v) is 8.90. The first-order valence-corrected chi connectivity index (χ1v) is 11.0. The number of carbonyl (C=O) groups excluding carboxylic acids is 3. The molecule has 8 heteroatoms. The summed E-state index contributed by atoms with van der Waals surface area (Å²) in [5, 5.41) is 2.50. The van der Waals surface area contributed by atoms with E-state index in [0.717, 1.165) is 42.3 Å². The highest BCUT2D eigenvalue weighted by Crippen LogP contribution is 2.32. The summed E-state index contributed by atoms with van der Waals surface area (Å²) in [5.74, 6) is 0.243. The molecule has 1 aliphatic carbocycles. The first-order chi connectivity index (χ1) is 14.0. The maximum atomic E-state index is 12.6. The molecule has 3 amide bonds. The van der Waals surface area contributed by atoms with Crippen LogP contribution in [-0.2, 0) is 17.6 Å². The van der Waals surface area contributed by atoms with Gasteiger partial charge in [-0.05, 0) is 66.4 Å². The van der Waals surface area contributed by atoms with Crippen LogP contribution in [0.5, 0.6) is 5.75 Å². The summed E-state index contributed by atoms with van der Waals surface area (Å²) in [7, 11) is 1.59. The van der Waals surface area contributed by atoms with E-state index in [0.29, 0.717) is 9.78 Å². The third kappa shape index (κ3) is 4.23. The number of carbonyl (C=O) groups is 3. The summed E-state index contributed by atoms with van der Waals surface area (Å²) in [6, 6.07) is 9.20. The molecule has 2 heterocycles. The van der Waals surface area contributed by atoms with Gasteiger partial charge < -0.3 is 10.1 Å². The molecule has 0 radical (unpaired) electrons. The molecule has 1 saturated heterocycles. The Morgan fingerprint density at radius 2 is 2.03 bits per heavy atom. The lowest BCUT2D eigenvalue weighted by atomic mass is 10.2. The smallest absolute Gasteiger partial charge is 0.293 e. The zero-order valence-electron chi connectivity index (χ0n) is 15.9. The number of thioether (sulfide) groups is 1. The van der Waals surface area contributed by atoms with Crippen LogP contribution in [0, 0.1) is 0 Å². The average molecular weight is 429 g/mol. The highest BCUT2D eigenvalue weighted by Gasteiger charge is 2.34. The van der Waals surface area contributed by atoms with Gasteiger partial charge in [-0.2, -0.15) is 0 Å². The number of ether oxygens (including phenoxy) is 1. The fraction of sp³-hybridized carbons (Fsp3) is 0.286. The molecule has 29 heavy (non-hydrogen) atoms. The number of nitrogens with one attached hydrogen (secondary N) is 1. The molecule has 2 aliphatic rings. The molecule has 1 N–H and O–H groups in total. The lowest BCUT2D eigenvalue weighted by molar-refractivity contribution is -0.122. The Morgan fingerprint density at radius 1 is 1.24 bits per heavy atom. The Balaban J connectivity index is 1.33. The summed E-state index contributed by atoms with van der Waals surface area (Å²) in [4.78, 5) is 40.7. The number of aryl methyl sites for hydroxylation is 2. The zero-order chi connectivity index (χ0) is 20.4. The van der Waals surface area contributed by atoms with Gasteiger partial charge in [0.05, 0.1) is 16.9 Å². The van der Waals surface area contributed by atoms with E-state index in [-0.39, 0.29) is 30.1 Å². The minimum absolute atomic E-state index is 0.148. The van der Waals surface area contributed by atoms with E-state index in [2.05, 4.69) is 5.32 Å². The Hall–Kier alpha value is -2.58. The average Bonchev–Trinajstić information content (AvgIpc) is 3.39. The lowest BCUT2D eigenvalue weighted by Crippen LogP contribution is -2.37. The maximum absolute atomic E-state index is 12.6. The SMILES string of the molecule is COc1ccc(C=C2SC(=O)N(CCNC(=O)c3cc4c(s3)CCC4)C2=O)cc1. The molecule has 1 aromatic heterocycles. The van der Waals surface area contributed by atoms with Gasteiger partial charge in [0.2, 0.25) is 0 Å². The first-order valence-electron chi connectivity index (χ1n) is 9.34. The molecular weight excluding hydrogens is 408 g/mol. The summed E-state index contributed by atoms with van der Waals surface area (Å²) >= 11 is 2.45. The maximum Gasteiger partial charge on any atom is 0.293 e.